The summed E-state index contributed by atoms with van der Waals surface area (Å²) in [5.74, 6) is 0.777. The van der Waals surface area contributed by atoms with Crippen molar-refractivity contribution in [2.45, 2.75) is 71.5 Å². The summed E-state index contributed by atoms with van der Waals surface area (Å²) in [6, 6.07) is 2.28. The van der Waals surface area contributed by atoms with Crippen LogP contribution < -0.4 is 5.32 Å². The van der Waals surface area contributed by atoms with Gasteiger partial charge < -0.3 is 10.2 Å². The van der Waals surface area contributed by atoms with Gasteiger partial charge in [0.25, 0.3) is 0 Å². The highest BCUT2D eigenvalue weighted by Crippen LogP contribution is 2.21. The van der Waals surface area contributed by atoms with Crippen LogP contribution in [0.2, 0.25) is 0 Å². The minimum absolute atomic E-state index is 0.714. The molecule has 0 aromatic rings. The number of hydrogen-bond acceptors (Lipinski definition) is 3. The summed E-state index contributed by atoms with van der Waals surface area (Å²) < 4.78 is 0. The lowest BCUT2D eigenvalue weighted by Gasteiger charge is -2.41. The molecule has 2 rings (SSSR count). The first-order valence-corrected chi connectivity index (χ1v) is 8.77. The van der Waals surface area contributed by atoms with E-state index in [0.717, 1.165) is 18.0 Å². The van der Waals surface area contributed by atoms with Crippen LogP contribution in [0.4, 0.5) is 0 Å². The second kappa shape index (κ2) is 7.77. The number of rotatable bonds is 6. The number of nitrogens with zero attached hydrogens (tertiary/aromatic N) is 2. The number of likely N-dealkylation sites (tertiary alicyclic amines) is 1. The zero-order valence-electron chi connectivity index (χ0n) is 14.1. The number of nitrogens with one attached hydrogen (secondary N) is 1. The van der Waals surface area contributed by atoms with Gasteiger partial charge in [0.15, 0.2) is 0 Å². The third kappa shape index (κ3) is 4.71. The average molecular weight is 281 g/mol. The molecule has 0 bridgehead atoms. The molecular weight excluding hydrogens is 246 g/mol. The molecule has 2 heterocycles. The zero-order chi connectivity index (χ0) is 14.5. The fourth-order valence-electron chi connectivity index (χ4n) is 3.80. The van der Waals surface area contributed by atoms with Gasteiger partial charge in [0.1, 0.15) is 0 Å². The van der Waals surface area contributed by atoms with Crippen LogP contribution in [0.3, 0.4) is 0 Å². The molecule has 2 aliphatic rings. The van der Waals surface area contributed by atoms with Gasteiger partial charge in [-0.1, -0.05) is 13.8 Å². The van der Waals surface area contributed by atoms with Gasteiger partial charge in [0.2, 0.25) is 0 Å². The maximum atomic E-state index is 3.67. The van der Waals surface area contributed by atoms with Crippen LogP contribution >= 0.6 is 0 Å². The van der Waals surface area contributed by atoms with Crippen molar-refractivity contribution in [3.05, 3.63) is 0 Å². The normalized spacial score (nSPS) is 26.2. The molecule has 20 heavy (non-hydrogen) atoms. The van der Waals surface area contributed by atoms with Crippen LogP contribution in [-0.4, -0.2) is 60.6 Å². The Hall–Kier alpha value is -0.120. The minimum atomic E-state index is 0.714. The number of piperidine rings is 1. The van der Waals surface area contributed by atoms with Crippen molar-refractivity contribution in [3.63, 3.8) is 0 Å². The van der Waals surface area contributed by atoms with Crippen molar-refractivity contribution in [2.24, 2.45) is 5.92 Å². The van der Waals surface area contributed by atoms with E-state index in [2.05, 4.69) is 42.8 Å². The van der Waals surface area contributed by atoms with Crippen LogP contribution in [0, 0.1) is 5.92 Å². The molecular formula is C17H35N3. The van der Waals surface area contributed by atoms with Crippen LogP contribution in [0.15, 0.2) is 0 Å². The molecule has 3 nitrogen and oxygen atoms in total. The molecule has 2 saturated heterocycles. The van der Waals surface area contributed by atoms with Crippen LogP contribution in [-0.2, 0) is 0 Å². The van der Waals surface area contributed by atoms with Gasteiger partial charge in [-0.25, -0.2) is 0 Å². The first kappa shape index (κ1) is 16.3. The molecule has 0 radical (unpaired) electrons. The minimum Gasteiger partial charge on any atom is -0.313 e. The highest BCUT2D eigenvalue weighted by Gasteiger charge is 2.28. The quantitative estimate of drug-likeness (QED) is 0.807. The smallest absolute Gasteiger partial charge is 0.0195 e. The van der Waals surface area contributed by atoms with E-state index in [1.165, 1.54) is 58.4 Å². The molecule has 1 atom stereocenters. The van der Waals surface area contributed by atoms with Gasteiger partial charge in [-0.3, -0.25) is 4.90 Å². The molecule has 1 unspecified atom stereocenters. The Bertz CT molecular complexity index is 263. The van der Waals surface area contributed by atoms with Crippen molar-refractivity contribution in [3.8, 4) is 0 Å². The van der Waals surface area contributed by atoms with E-state index in [9.17, 15) is 0 Å². The van der Waals surface area contributed by atoms with E-state index < -0.39 is 0 Å². The highest BCUT2D eigenvalue weighted by atomic mass is 15.2. The van der Waals surface area contributed by atoms with Crippen molar-refractivity contribution in [1.29, 1.82) is 0 Å². The van der Waals surface area contributed by atoms with Gasteiger partial charge in [0, 0.05) is 31.2 Å². The van der Waals surface area contributed by atoms with Crippen molar-refractivity contribution in [1.82, 2.24) is 15.1 Å². The Morgan fingerprint density at radius 2 is 1.80 bits per heavy atom. The summed E-state index contributed by atoms with van der Waals surface area (Å²) in [4.78, 5) is 5.43. The Labute approximate surface area is 126 Å². The Morgan fingerprint density at radius 1 is 1.10 bits per heavy atom. The van der Waals surface area contributed by atoms with Gasteiger partial charge in [-0.15, -0.1) is 0 Å². The topological polar surface area (TPSA) is 18.5 Å². The molecule has 0 saturated carbocycles. The lowest BCUT2D eigenvalue weighted by Crippen LogP contribution is -2.50. The van der Waals surface area contributed by atoms with Gasteiger partial charge in [-0.2, -0.15) is 0 Å². The molecule has 0 aliphatic carbocycles. The van der Waals surface area contributed by atoms with Gasteiger partial charge in [-0.05, 0) is 65.1 Å². The monoisotopic (exact) mass is 281 g/mol. The van der Waals surface area contributed by atoms with Crippen LogP contribution in [0.1, 0.15) is 53.4 Å². The van der Waals surface area contributed by atoms with E-state index in [1.807, 2.05) is 0 Å². The zero-order valence-corrected chi connectivity index (χ0v) is 14.1. The molecule has 0 aromatic heterocycles. The summed E-state index contributed by atoms with van der Waals surface area (Å²) in [6.07, 6.45) is 5.46. The molecule has 0 spiro atoms. The summed E-state index contributed by atoms with van der Waals surface area (Å²) >= 11 is 0. The first-order chi connectivity index (χ1) is 9.56. The van der Waals surface area contributed by atoms with Crippen LogP contribution in [0.25, 0.3) is 0 Å². The van der Waals surface area contributed by atoms with E-state index >= 15 is 0 Å². The molecule has 118 valence electrons. The van der Waals surface area contributed by atoms with E-state index in [0.29, 0.717) is 6.04 Å². The predicted octanol–water partition coefficient (Wildman–Crippen LogP) is 2.57. The summed E-state index contributed by atoms with van der Waals surface area (Å²) in [5.41, 5.74) is 0. The van der Waals surface area contributed by atoms with Crippen molar-refractivity contribution >= 4 is 0 Å². The summed E-state index contributed by atoms with van der Waals surface area (Å²) in [7, 11) is 0. The standard InChI is InChI=1S/C17H35N3/c1-14(2)12-20(13-16-6-5-9-18-16)17-7-10-19(11-8-17)15(3)4/h14-18H,5-13H2,1-4H3. The Balaban J connectivity index is 1.86. The average Bonchev–Trinajstić information content (AvgIpc) is 2.90. The predicted molar refractivity (Wildman–Crippen MR) is 87.2 cm³/mol. The second-order valence-electron chi connectivity index (χ2n) is 7.50. The third-order valence-corrected chi connectivity index (χ3v) is 4.96. The molecule has 0 aromatic carbocycles. The maximum absolute atomic E-state index is 3.67. The SMILES string of the molecule is CC(C)CN(CC1CCCN1)C1CCN(C(C)C)CC1. The summed E-state index contributed by atoms with van der Waals surface area (Å²) in [6.45, 7) is 15.7. The molecule has 3 heteroatoms. The Kier molecular flexibility index (Phi) is 6.31. The summed E-state index contributed by atoms with van der Waals surface area (Å²) in [5, 5.41) is 3.67. The van der Waals surface area contributed by atoms with Gasteiger partial charge >= 0.3 is 0 Å². The molecule has 0 amide bonds. The van der Waals surface area contributed by atoms with E-state index in [4.69, 9.17) is 0 Å². The van der Waals surface area contributed by atoms with Crippen LogP contribution in [0.5, 0.6) is 0 Å². The molecule has 2 fully saturated rings. The number of hydrogen-bond donors (Lipinski definition) is 1. The largest absolute Gasteiger partial charge is 0.313 e. The van der Waals surface area contributed by atoms with Gasteiger partial charge in [0.05, 0.1) is 0 Å². The second-order valence-corrected chi connectivity index (χ2v) is 7.50. The molecule has 1 N–H and O–H groups in total. The maximum Gasteiger partial charge on any atom is 0.0195 e. The lowest BCUT2D eigenvalue weighted by atomic mass is 9.99. The fourth-order valence-corrected chi connectivity index (χ4v) is 3.80. The van der Waals surface area contributed by atoms with E-state index in [-0.39, 0.29) is 0 Å². The Morgan fingerprint density at radius 3 is 2.30 bits per heavy atom. The third-order valence-electron chi connectivity index (χ3n) is 4.96. The first-order valence-electron chi connectivity index (χ1n) is 8.77. The van der Waals surface area contributed by atoms with Crippen molar-refractivity contribution in [2.75, 3.05) is 32.7 Å². The molecule has 2 aliphatic heterocycles. The van der Waals surface area contributed by atoms with E-state index in [1.54, 1.807) is 0 Å². The lowest BCUT2D eigenvalue weighted by molar-refractivity contribution is 0.0788. The fraction of sp³-hybridized carbons (Fsp3) is 1.00. The van der Waals surface area contributed by atoms with Crippen molar-refractivity contribution < 1.29 is 0 Å². The highest BCUT2D eigenvalue weighted by molar-refractivity contribution is 4.85.